The quantitative estimate of drug-likeness (QED) is 0.207. The smallest absolute Gasteiger partial charge is 0.416 e. The molecule has 9 heteroatoms. The maximum absolute atomic E-state index is 14.1. The molecule has 1 saturated carbocycles. The molecule has 28 heavy (non-hydrogen) atoms. The van der Waals surface area contributed by atoms with Gasteiger partial charge in [-0.05, 0) is 30.9 Å². The molecule has 1 aromatic carbocycles. The van der Waals surface area contributed by atoms with E-state index in [0.29, 0.717) is 25.0 Å². The van der Waals surface area contributed by atoms with Crippen LogP contribution >= 0.6 is 23.2 Å². The fourth-order valence-electron chi connectivity index (χ4n) is 3.20. The van der Waals surface area contributed by atoms with Crippen LogP contribution in [0.15, 0.2) is 24.3 Å². The Kier molecular flexibility index (Phi) is 10.7. The maximum atomic E-state index is 14.1. The third kappa shape index (κ3) is 6.83. The summed E-state index contributed by atoms with van der Waals surface area (Å²) in [7, 11) is 0. The van der Waals surface area contributed by atoms with Crippen molar-refractivity contribution in [2.45, 2.75) is 43.3 Å². The first-order valence-corrected chi connectivity index (χ1v) is 9.42. The molecule has 0 spiro atoms. The molecule has 1 N–H and O–H groups in total. The Hall–Kier alpha value is 0.124. The summed E-state index contributed by atoms with van der Waals surface area (Å²) in [6.45, 7) is 3.58. The van der Waals surface area contributed by atoms with Gasteiger partial charge in [0.25, 0.3) is 0 Å². The van der Waals surface area contributed by atoms with Gasteiger partial charge in [0.05, 0.1) is 23.3 Å². The minimum Gasteiger partial charge on any atom is -0.490 e. The molecular weight excluding hydrogens is 496 g/mol. The molecule has 2 rings (SSSR count). The first kappa shape index (κ1) is 26.2. The van der Waals surface area contributed by atoms with Gasteiger partial charge in [-0.15, -0.1) is 11.6 Å². The van der Waals surface area contributed by atoms with Crippen LogP contribution in [0.2, 0.25) is 5.02 Å². The van der Waals surface area contributed by atoms with Gasteiger partial charge in [-0.25, -0.2) is 4.39 Å². The number of aliphatic hydroxyl groups is 1. The van der Waals surface area contributed by atoms with E-state index < -0.39 is 40.4 Å². The van der Waals surface area contributed by atoms with Crippen molar-refractivity contribution in [1.82, 2.24) is 0 Å². The molecule has 1 aliphatic rings. The maximum Gasteiger partial charge on any atom is 0.416 e. The zero-order valence-electron chi connectivity index (χ0n) is 15.1. The van der Waals surface area contributed by atoms with E-state index in [2.05, 4.69) is 6.92 Å². The van der Waals surface area contributed by atoms with Gasteiger partial charge in [0.1, 0.15) is 0 Å². The Labute approximate surface area is 197 Å². The van der Waals surface area contributed by atoms with Crippen LogP contribution in [0.3, 0.4) is 0 Å². The Morgan fingerprint density at radius 2 is 1.93 bits per heavy atom. The Morgan fingerprint density at radius 1 is 1.25 bits per heavy atom. The molecule has 0 saturated heterocycles. The average Bonchev–Trinajstić information content (AvgIpc) is 2.85. The van der Waals surface area contributed by atoms with Crippen LogP contribution in [-0.4, -0.2) is 23.2 Å². The van der Waals surface area contributed by atoms with Gasteiger partial charge < -0.3 is 16.8 Å². The molecule has 1 radical (unpaired) electrons. The summed E-state index contributed by atoms with van der Waals surface area (Å²) in [5.74, 6) is -2.21. The molecule has 155 valence electrons. The first-order chi connectivity index (χ1) is 12.6. The van der Waals surface area contributed by atoms with E-state index in [-0.39, 0.29) is 50.6 Å². The molecule has 0 aromatic heterocycles. The standard InChI is InChI=1S/C19H21Cl2F4O2.Y/c1-2-3-4-5-6-12-13(16(26)9-14(12)20)10-27-17-8-11(19(23,24)25)7-15(21)18(17)22;/h4-5,7-8,12-14,16,26H,1-3,6,9-10H2;/q-1;/b5-4-;/t12-,13-,14-,16-;/m1./s1. The minimum absolute atomic E-state index is 0. The van der Waals surface area contributed by atoms with E-state index in [1.165, 1.54) is 0 Å². The number of benzene rings is 1. The van der Waals surface area contributed by atoms with Gasteiger partial charge in [0.2, 0.25) is 0 Å². The Morgan fingerprint density at radius 3 is 2.54 bits per heavy atom. The Balaban J connectivity index is 0.00000392. The number of alkyl halides is 4. The van der Waals surface area contributed by atoms with E-state index in [0.717, 1.165) is 12.8 Å². The van der Waals surface area contributed by atoms with Crippen molar-refractivity contribution in [3.63, 3.8) is 0 Å². The summed E-state index contributed by atoms with van der Waals surface area (Å²) in [5.41, 5.74) is -1.10. The van der Waals surface area contributed by atoms with Crippen LogP contribution in [0.5, 0.6) is 5.75 Å². The van der Waals surface area contributed by atoms with Gasteiger partial charge in [-0.2, -0.15) is 19.6 Å². The van der Waals surface area contributed by atoms with Crippen LogP contribution in [0.25, 0.3) is 0 Å². The molecule has 0 aliphatic heterocycles. The van der Waals surface area contributed by atoms with E-state index in [9.17, 15) is 22.7 Å². The zero-order valence-corrected chi connectivity index (χ0v) is 19.4. The van der Waals surface area contributed by atoms with Crippen molar-refractivity contribution in [2.24, 2.45) is 11.8 Å². The average molecular weight is 517 g/mol. The van der Waals surface area contributed by atoms with E-state index in [1.54, 1.807) is 0 Å². The number of ether oxygens (including phenoxy) is 1. The number of aliphatic hydroxyl groups excluding tert-OH is 1. The molecule has 1 aromatic rings. The molecule has 1 fully saturated rings. The van der Waals surface area contributed by atoms with Crippen molar-refractivity contribution in [2.75, 3.05) is 6.61 Å². The van der Waals surface area contributed by atoms with Crippen molar-refractivity contribution < 1.29 is 60.1 Å². The van der Waals surface area contributed by atoms with Gasteiger partial charge in [-0.3, -0.25) is 0 Å². The molecule has 4 atom stereocenters. The van der Waals surface area contributed by atoms with E-state index in [1.807, 2.05) is 12.2 Å². The molecule has 0 unspecified atom stereocenters. The topological polar surface area (TPSA) is 29.5 Å². The van der Waals surface area contributed by atoms with Gasteiger partial charge in [0.15, 0.2) is 11.6 Å². The number of hydrogen-bond acceptors (Lipinski definition) is 2. The number of halogens is 6. The summed E-state index contributed by atoms with van der Waals surface area (Å²) in [5, 5.41) is 9.25. The molecule has 2 nitrogen and oxygen atoms in total. The summed E-state index contributed by atoms with van der Waals surface area (Å²) in [6.07, 6.45) is 0.964. The third-order valence-electron chi connectivity index (χ3n) is 4.67. The first-order valence-electron chi connectivity index (χ1n) is 8.60. The molecule has 0 bridgehead atoms. The minimum atomic E-state index is -4.68. The van der Waals surface area contributed by atoms with Crippen LogP contribution in [0.4, 0.5) is 17.6 Å². The largest absolute Gasteiger partial charge is 0.490 e. The Bertz CT molecular complexity index is 670. The molecular formula is C19H21Cl2F4O2Y-. The number of rotatable bonds is 7. The summed E-state index contributed by atoms with van der Waals surface area (Å²) in [4.78, 5) is 0. The van der Waals surface area contributed by atoms with Crippen LogP contribution in [0, 0.1) is 24.6 Å². The van der Waals surface area contributed by atoms with Crippen LogP contribution in [-0.2, 0) is 38.9 Å². The molecule has 1 aliphatic carbocycles. The predicted octanol–water partition coefficient (Wildman–Crippen LogP) is 6.04. The van der Waals surface area contributed by atoms with Gasteiger partial charge in [0, 0.05) is 44.0 Å². The second-order valence-electron chi connectivity index (χ2n) is 6.58. The SMILES string of the molecule is [CH2-]CC/C=C\C[C@@H]1[C@@H](COc2cc(C(F)(F)F)cc(Cl)c2F)[C@H](O)C[C@H]1Cl.[Y]. The zero-order chi connectivity index (χ0) is 20.2. The summed E-state index contributed by atoms with van der Waals surface area (Å²) < 4.78 is 58.1. The van der Waals surface area contributed by atoms with Crippen molar-refractivity contribution in [3.05, 3.63) is 47.6 Å². The van der Waals surface area contributed by atoms with E-state index in [4.69, 9.17) is 27.9 Å². The second kappa shape index (κ2) is 11.5. The summed E-state index contributed by atoms with van der Waals surface area (Å²) >= 11 is 11.9. The van der Waals surface area contributed by atoms with Gasteiger partial charge in [-0.1, -0.05) is 30.2 Å². The number of hydrogen-bond donors (Lipinski definition) is 1. The number of unbranched alkanes of at least 4 members (excludes halogenated alkanes) is 1. The number of allylic oxidation sites excluding steroid dienone is 2. The van der Waals surface area contributed by atoms with Crippen LogP contribution < -0.4 is 4.74 Å². The normalized spacial score (nSPS) is 25.1. The monoisotopic (exact) mass is 516 g/mol. The van der Waals surface area contributed by atoms with Gasteiger partial charge >= 0.3 is 6.18 Å². The van der Waals surface area contributed by atoms with Crippen LogP contribution in [0.1, 0.15) is 31.2 Å². The molecule has 0 amide bonds. The predicted molar refractivity (Wildman–Crippen MR) is 97.5 cm³/mol. The van der Waals surface area contributed by atoms with Crippen molar-refractivity contribution in [3.8, 4) is 5.75 Å². The third-order valence-corrected chi connectivity index (χ3v) is 5.45. The fraction of sp³-hybridized carbons (Fsp3) is 0.526. The van der Waals surface area contributed by atoms with Crippen molar-refractivity contribution >= 4 is 23.2 Å². The van der Waals surface area contributed by atoms with Crippen molar-refractivity contribution in [1.29, 1.82) is 0 Å². The fourth-order valence-corrected chi connectivity index (χ4v) is 3.88. The summed E-state index contributed by atoms with van der Waals surface area (Å²) in [6, 6.07) is 1.09. The van der Waals surface area contributed by atoms with E-state index >= 15 is 0 Å². The second-order valence-corrected chi connectivity index (χ2v) is 7.54. The molecule has 0 heterocycles.